The largest absolute Gasteiger partial charge is 0.494 e. The van der Waals surface area contributed by atoms with Crippen molar-refractivity contribution in [1.82, 2.24) is 0 Å². The van der Waals surface area contributed by atoms with Gasteiger partial charge in [-0.2, -0.15) is 0 Å². The quantitative estimate of drug-likeness (QED) is 0.0977. The predicted molar refractivity (Wildman–Crippen MR) is 157 cm³/mol. The number of hydrogen-bond donors (Lipinski definition) is 0. The Bertz CT molecular complexity index is 1090. The molecule has 204 valence electrons. The Morgan fingerprint density at radius 1 is 0.632 bits per heavy atom. The van der Waals surface area contributed by atoms with Gasteiger partial charge in [0.1, 0.15) is 17.2 Å². The Hall–Kier alpha value is -2.98. The van der Waals surface area contributed by atoms with Crippen molar-refractivity contribution in [2.75, 3.05) is 13.2 Å². The Morgan fingerprint density at radius 2 is 1.16 bits per heavy atom. The van der Waals surface area contributed by atoms with Gasteiger partial charge in [0, 0.05) is 0 Å². The van der Waals surface area contributed by atoms with Gasteiger partial charge in [0.25, 0.3) is 0 Å². The van der Waals surface area contributed by atoms with Gasteiger partial charge >= 0.3 is 5.97 Å². The first-order valence-electron chi connectivity index (χ1n) is 14.1. The van der Waals surface area contributed by atoms with Crippen LogP contribution in [0.1, 0.15) is 88.4 Å². The van der Waals surface area contributed by atoms with Crippen LogP contribution >= 0.6 is 11.6 Å². The van der Waals surface area contributed by atoms with Crippen molar-refractivity contribution in [3.63, 3.8) is 0 Å². The van der Waals surface area contributed by atoms with Crippen LogP contribution in [0.5, 0.6) is 17.2 Å². The van der Waals surface area contributed by atoms with Crippen LogP contribution < -0.4 is 14.2 Å². The number of carbonyl (C=O) groups excluding carboxylic acids is 1. The van der Waals surface area contributed by atoms with Crippen LogP contribution in [0.25, 0.3) is 11.1 Å². The van der Waals surface area contributed by atoms with Crippen molar-refractivity contribution in [2.45, 2.75) is 78.1 Å². The molecule has 0 aromatic heterocycles. The van der Waals surface area contributed by atoms with Gasteiger partial charge in [-0.05, 0) is 66.4 Å². The molecule has 0 radical (unpaired) electrons. The molecule has 0 fully saturated rings. The lowest BCUT2D eigenvalue weighted by atomic mass is 10.1. The van der Waals surface area contributed by atoms with E-state index in [-0.39, 0.29) is 0 Å². The summed E-state index contributed by atoms with van der Waals surface area (Å²) in [6.45, 7) is 5.78. The summed E-state index contributed by atoms with van der Waals surface area (Å²) in [5.74, 6) is 1.49. The van der Waals surface area contributed by atoms with E-state index >= 15 is 0 Å². The summed E-state index contributed by atoms with van der Waals surface area (Å²) in [6, 6.07) is 20.6. The molecule has 3 aromatic carbocycles. The fourth-order valence-corrected chi connectivity index (χ4v) is 4.39. The van der Waals surface area contributed by atoms with E-state index in [1.165, 1.54) is 44.9 Å². The van der Waals surface area contributed by atoms with Crippen molar-refractivity contribution in [1.29, 1.82) is 0 Å². The molecule has 0 atom stereocenters. The summed E-state index contributed by atoms with van der Waals surface area (Å²) < 4.78 is 17.2. The van der Waals surface area contributed by atoms with E-state index in [1.54, 1.807) is 30.3 Å². The monoisotopic (exact) mass is 536 g/mol. The SMILES string of the molecule is CCCCCCCCOc1ccc(-c2ccc(OC(=O)c3ccc(OCCCCCC)c(Cl)c3)cc2)cc1. The highest BCUT2D eigenvalue weighted by molar-refractivity contribution is 6.32. The maximum atomic E-state index is 12.6. The third-order valence-corrected chi connectivity index (χ3v) is 6.74. The molecule has 0 saturated carbocycles. The van der Waals surface area contributed by atoms with Crippen molar-refractivity contribution in [3.8, 4) is 28.4 Å². The Kier molecular flexibility index (Phi) is 13.1. The van der Waals surface area contributed by atoms with E-state index in [1.807, 2.05) is 36.4 Å². The molecule has 4 nitrogen and oxygen atoms in total. The van der Waals surface area contributed by atoms with Gasteiger partial charge in [-0.3, -0.25) is 0 Å². The third-order valence-electron chi connectivity index (χ3n) is 6.44. The van der Waals surface area contributed by atoms with Gasteiger partial charge in [0.05, 0.1) is 23.8 Å². The zero-order chi connectivity index (χ0) is 27.0. The van der Waals surface area contributed by atoms with Crippen molar-refractivity contribution >= 4 is 17.6 Å². The number of hydrogen-bond acceptors (Lipinski definition) is 4. The van der Waals surface area contributed by atoms with E-state index in [2.05, 4.69) is 13.8 Å². The fraction of sp³-hybridized carbons (Fsp3) is 0.424. The smallest absolute Gasteiger partial charge is 0.343 e. The second-order valence-electron chi connectivity index (χ2n) is 9.61. The zero-order valence-corrected chi connectivity index (χ0v) is 23.6. The lowest BCUT2D eigenvalue weighted by Gasteiger charge is -2.10. The Morgan fingerprint density at radius 3 is 1.76 bits per heavy atom. The standard InChI is InChI=1S/C33H41ClO4/c1-3-5-7-9-10-12-23-36-29-18-13-26(14-19-29)27-15-20-30(21-16-27)38-33(35)28-17-22-32(31(34)25-28)37-24-11-8-6-4-2/h13-22,25H,3-12,23-24H2,1-2H3. The normalized spacial score (nSPS) is 10.8. The van der Waals surface area contributed by atoms with Gasteiger partial charge < -0.3 is 14.2 Å². The molecule has 0 bridgehead atoms. The number of carbonyl (C=O) groups is 1. The second kappa shape index (κ2) is 16.8. The van der Waals surface area contributed by atoms with Crippen molar-refractivity contribution < 1.29 is 19.0 Å². The van der Waals surface area contributed by atoms with Gasteiger partial charge in [0.2, 0.25) is 0 Å². The minimum Gasteiger partial charge on any atom is -0.494 e. The molecular formula is C33H41ClO4. The van der Waals surface area contributed by atoms with Crippen LogP contribution in [0.4, 0.5) is 0 Å². The number of benzene rings is 3. The summed E-state index contributed by atoms with van der Waals surface area (Å²) in [7, 11) is 0. The highest BCUT2D eigenvalue weighted by Gasteiger charge is 2.12. The molecule has 3 rings (SSSR count). The molecule has 5 heteroatoms. The molecule has 0 heterocycles. The zero-order valence-electron chi connectivity index (χ0n) is 22.8. The van der Waals surface area contributed by atoms with E-state index < -0.39 is 5.97 Å². The highest BCUT2D eigenvalue weighted by Crippen LogP contribution is 2.28. The topological polar surface area (TPSA) is 44.8 Å². The van der Waals surface area contributed by atoms with Gasteiger partial charge in [-0.1, -0.05) is 101 Å². The average Bonchev–Trinajstić information content (AvgIpc) is 2.94. The summed E-state index contributed by atoms with van der Waals surface area (Å²) in [5, 5.41) is 0.407. The number of unbranched alkanes of at least 4 members (excludes halogenated alkanes) is 8. The highest BCUT2D eigenvalue weighted by atomic mass is 35.5. The lowest BCUT2D eigenvalue weighted by Crippen LogP contribution is -2.08. The van der Waals surface area contributed by atoms with Crippen LogP contribution in [-0.2, 0) is 0 Å². The third kappa shape index (κ3) is 10.1. The van der Waals surface area contributed by atoms with Crippen molar-refractivity contribution in [2.24, 2.45) is 0 Å². The Balaban J connectivity index is 1.46. The summed E-state index contributed by atoms with van der Waals surface area (Å²) in [4.78, 5) is 12.6. The molecule has 0 saturated heterocycles. The van der Waals surface area contributed by atoms with Gasteiger partial charge in [-0.15, -0.1) is 0 Å². The minimum absolute atomic E-state index is 0.383. The lowest BCUT2D eigenvalue weighted by molar-refractivity contribution is 0.0734. The van der Waals surface area contributed by atoms with Crippen LogP contribution in [0, 0.1) is 0 Å². The molecule has 3 aromatic rings. The molecule has 0 N–H and O–H groups in total. The fourth-order valence-electron chi connectivity index (χ4n) is 4.15. The first-order valence-corrected chi connectivity index (χ1v) is 14.5. The van der Waals surface area contributed by atoms with E-state index in [9.17, 15) is 4.79 Å². The van der Waals surface area contributed by atoms with Crippen LogP contribution in [-0.4, -0.2) is 19.2 Å². The van der Waals surface area contributed by atoms with Gasteiger partial charge in [-0.25, -0.2) is 4.79 Å². The maximum Gasteiger partial charge on any atom is 0.343 e. The Labute approximate surface area is 233 Å². The first kappa shape index (κ1) is 29.6. The molecule has 0 spiro atoms. The van der Waals surface area contributed by atoms with Crippen LogP contribution in [0.15, 0.2) is 66.7 Å². The van der Waals surface area contributed by atoms with Gasteiger partial charge in [0.15, 0.2) is 0 Å². The molecular weight excluding hydrogens is 496 g/mol. The number of ether oxygens (including phenoxy) is 3. The van der Waals surface area contributed by atoms with E-state index in [0.29, 0.717) is 28.7 Å². The van der Waals surface area contributed by atoms with E-state index in [0.717, 1.165) is 42.7 Å². The summed E-state index contributed by atoms with van der Waals surface area (Å²) >= 11 is 6.33. The minimum atomic E-state index is -0.457. The molecule has 38 heavy (non-hydrogen) atoms. The summed E-state index contributed by atoms with van der Waals surface area (Å²) in [6.07, 6.45) is 12.0. The predicted octanol–water partition coefficient (Wildman–Crippen LogP) is 9.92. The number of esters is 1. The molecule has 0 aliphatic carbocycles. The van der Waals surface area contributed by atoms with E-state index in [4.69, 9.17) is 25.8 Å². The molecule has 0 aliphatic heterocycles. The molecule has 0 unspecified atom stereocenters. The number of halogens is 1. The number of rotatable bonds is 17. The molecule has 0 aliphatic rings. The van der Waals surface area contributed by atoms with Crippen molar-refractivity contribution in [3.05, 3.63) is 77.3 Å². The van der Waals surface area contributed by atoms with Crippen LogP contribution in [0.2, 0.25) is 5.02 Å². The van der Waals surface area contributed by atoms with Crippen LogP contribution in [0.3, 0.4) is 0 Å². The first-order chi connectivity index (χ1) is 18.6. The average molecular weight is 537 g/mol. The summed E-state index contributed by atoms with van der Waals surface area (Å²) in [5.41, 5.74) is 2.50. The maximum absolute atomic E-state index is 12.6. The second-order valence-corrected chi connectivity index (χ2v) is 10.0. The molecule has 0 amide bonds.